The lowest BCUT2D eigenvalue weighted by atomic mass is 9.73. The SMILES string of the molecule is Cc1cc(Nc2cc(C(F)F)ccn2)nc(-c2ccc([C@](C)(O)C3CCC(C(=O)OC4C[C@H]5CC[C@H](C4)N5)CC3)nc2)c1. The van der Waals surface area contributed by atoms with Gasteiger partial charge in [-0.05, 0) is 113 Å². The van der Waals surface area contributed by atoms with E-state index >= 15 is 0 Å². The van der Waals surface area contributed by atoms with Crippen LogP contribution in [0.2, 0.25) is 0 Å². The summed E-state index contributed by atoms with van der Waals surface area (Å²) in [5.74, 6) is 0.552. The van der Waals surface area contributed by atoms with Crippen LogP contribution in [-0.4, -0.2) is 44.2 Å². The summed E-state index contributed by atoms with van der Waals surface area (Å²) in [7, 11) is 0. The second-order valence-corrected chi connectivity index (χ2v) is 12.6. The van der Waals surface area contributed by atoms with Crippen molar-refractivity contribution < 1.29 is 23.4 Å². The van der Waals surface area contributed by atoms with Gasteiger partial charge in [0, 0.05) is 35.6 Å². The lowest BCUT2D eigenvalue weighted by molar-refractivity contribution is -0.158. The van der Waals surface area contributed by atoms with E-state index in [-0.39, 0.29) is 35.3 Å². The Morgan fingerprint density at radius 3 is 2.44 bits per heavy atom. The number of ether oxygens (including phenoxy) is 1. The third kappa shape index (κ3) is 6.70. The minimum atomic E-state index is -2.59. The third-order valence-corrected chi connectivity index (χ3v) is 9.41. The molecule has 2 saturated heterocycles. The molecule has 2 aliphatic heterocycles. The lowest BCUT2D eigenvalue weighted by Crippen LogP contribution is -2.43. The number of halogens is 2. The molecule has 6 rings (SSSR count). The smallest absolute Gasteiger partial charge is 0.309 e. The number of piperidine rings is 1. The zero-order valence-corrected chi connectivity index (χ0v) is 24.6. The average molecular weight is 592 g/mol. The molecule has 0 unspecified atom stereocenters. The molecule has 228 valence electrons. The number of aromatic nitrogens is 3. The highest BCUT2D eigenvalue weighted by Crippen LogP contribution is 2.41. The van der Waals surface area contributed by atoms with Gasteiger partial charge in [-0.1, -0.05) is 0 Å². The molecule has 3 N–H and O–H groups in total. The molecule has 3 aromatic rings. The van der Waals surface area contributed by atoms with Crippen molar-refractivity contribution >= 4 is 17.6 Å². The molecule has 10 heteroatoms. The normalized spacial score (nSPS) is 26.6. The molecule has 3 atom stereocenters. The molecule has 0 radical (unpaired) electrons. The first-order chi connectivity index (χ1) is 20.6. The fourth-order valence-corrected chi connectivity index (χ4v) is 6.97. The van der Waals surface area contributed by atoms with Crippen molar-refractivity contribution in [2.24, 2.45) is 11.8 Å². The zero-order chi connectivity index (χ0) is 30.1. The monoisotopic (exact) mass is 591 g/mol. The maximum atomic E-state index is 13.1. The minimum absolute atomic E-state index is 0.0194. The number of anilines is 2. The van der Waals surface area contributed by atoms with E-state index in [0.717, 1.165) is 36.8 Å². The predicted molar refractivity (Wildman–Crippen MR) is 159 cm³/mol. The summed E-state index contributed by atoms with van der Waals surface area (Å²) in [6.45, 7) is 3.73. The van der Waals surface area contributed by atoms with E-state index in [1.807, 2.05) is 31.2 Å². The number of aryl methyl sites for hydroxylation is 1. The quantitative estimate of drug-likeness (QED) is 0.260. The van der Waals surface area contributed by atoms with E-state index in [0.29, 0.717) is 42.1 Å². The van der Waals surface area contributed by atoms with Crippen molar-refractivity contribution in [2.45, 2.75) is 95.4 Å². The summed E-state index contributed by atoms with van der Waals surface area (Å²) >= 11 is 0. The van der Waals surface area contributed by atoms with Crippen molar-refractivity contribution in [3.8, 4) is 11.3 Å². The summed E-state index contributed by atoms with van der Waals surface area (Å²) in [4.78, 5) is 26.3. The second kappa shape index (κ2) is 12.2. The molecule has 3 aromatic heterocycles. The van der Waals surface area contributed by atoms with Gasteiger partial charge in [-0.3, -0.25) is 9.78 Å². The van der Waals surface area contributed by atoms with Gasteiger partial charge in [-0.15, -0.1) is 0 Å². The molecule has 0 spiro atoms. The van der Waals surface area contributed by atoms with Gasteiger partial charge in [0.05, 0.1) is 17.3 Å². The second-order valence-electron chi connectivity index (χ2n) is 12.6. The molecule has 3 aliphatic rings. The van der Waals surface area contributed by atoms with E-state index < -0.39 is 12.0 Å². The van der Waals surface area contributed by atoms with E-state index in [1.54, 1.807) is 13.1 Å². The summed E-state index contributed by atoms with van der Waals surface area (Å²) < 4.78 is 32.2. The Labute approximate surface area is 250 Å². The zero-order valence-electron chi connectivity index (χ0n) is 24.6. The molecular weight excluding hydrogens is 552 g/mol. The Morgan fingerprint density at radius 1 is 1.02 bits per heavy atom. The number of esters is 1. The number of pyridine rings is 3. The Hall–Kier alpha value is -3.50. The van der Waals surface area contributed by atoms with Crippen molar-refractivity contribution in [1.82, 2.24) is 20.3 Å². The fourth-order valence-electron chi connectivity index (χ4n) is 6.97. The van der Waals surface area contributed by atoms with Crippen LogP contribution < -0.4 is 10.6 Å². The first kappa shape index (κ1) is 29.6. The number of carbonyl (C=O) groups excluding carboxylic acids is 1. The van der Waals surface area contributed by atoms with Crippen LogP contribution in [0.3, 0.4) is 0 Å². The van der Waals surface area contributed by atoms with Crippen LogP contribution in [0.5, 0.6) is 0 Å². The molecular formula is C33H39F2N5O3. The predicted octanol–water partition coefficient (Wildman–Crippen LogP) is 6.37. The number of fused-ring (bicyclic) bond motifs is 2. The topological polar surface area (TPSA) is 109 Å². The van der Waals surface area contributed by atoms with Crippen LogP contribution in [0.25, 0.3) is 11.3 Å². The first-order valence-electron chi connectivity index (χ1n) is 15.3. The van der Waals surface area contributed by atoms with Gasteiger partial charge in [0.15, 0.2) is 0 Å². The summed E-state index contributed by atoms with van der Waals surface area (Å²) in [6, 6.07) is 11.0. The maximum Gasteiger partial charge on any atom is 0.309 e. The Balaban J connectivity index is 1.07. The summed E-state index contributed by atoms with van der Waals surface area (Å²) in [5.41, 5.74) is 1.66. The van der Waals surface area contributed by atoms with E-state index in [2.05, 4.69) is 25.6 Å². The van der Waals surface area contributed by atoms with E-state index in [4.69, 9.17) is 4.74 Å². The minimum Gasteiger partial charge on any atom is -0.462 e. The highest BCUT2D eigenvalue weighted by atomic mass is 19.3. The van der Waals surface area contributed by atoms with Crippen LogP contribution in [0, 0.1) is 18.8 Å². The number of carbonyl (C=O) groups is 1. The Morgan fingerprint density at radius 2 is 1.77 bits per heavy atom. The third-order valence-electron chi connectivity index (χ3n) is 9.41. The van der Waals surface area contributed by atoms with Crippen LogP contribution in [-0.2, 0) is 15.1 Å². The largest absolute Gasteiger partial charge is 0.462 e. The molecule has 43 heavy (non-hydrogen) atoms. The first-order valence-corrected chi connectivity index (χ1v) is 15.3. The van der Waals surface area contributed by atoms with Gasteiger partial charge < -0.3 is 20.5 Å². The van der Waals surface area contributed by atoms with Crippen LogP contribution in [0.15, 0.2) is 48.8 Å². The highest BCUT2D eigenvalue weighted by molar-refractivity contribution is 5.72. The van der Waals surface area contributed by atoms with Crippen molar-refractivity contribution in [3.63, 3.8) is 0 Å². The number of hydrogen-bond acceptors (Lipinski definition) is 8. The van der Waals surface area contributed by atoms with Crippen LogP contribution in [0.1, 0.15) is 81.5 Å². The molecule has 0 amide bonds. The molecule has 1 saturated carbocycles. The van der Waals surface area contributed by atoms with Gasteiger partial charge >= 0.3 is 5.97 Å². The van der Waals surface area contributed by atoms with Gasteiger partial charge in [-0.2, -0.15) is 0 Å². The number of aliphatic hydroxyl groups is 1. The number of nitrogens with one attached hydrogen (secondary N) is 2. The van der Waals surface area contributed by atoms with E-state index in [9.17, 15) is 18.7 Å². The number of nitrogens with zero attached hydrogens (tertiary/aromatic N) is 3. The molecule has 5 heterocycles. The standard InChI is InChI=1S/C33H39F2N5O3/c1-19-13-27(39-30(14-19)40-29-15-21(31(34)35)11-12-36-29)22-5-10-28(37-18-22)33(2,42)23-6-3-20(4-7-23)32(41)43-26-16-24-8-9-25(17-26)38-24/h5,10-15,18,20,23-26,31,38,42H,3-4,6-9,16-17H2,1-2H3,(H,36,39,40)/t20?,23?,24-,25-,33-/m1/s1. The highest BCUT2D eigenvalue weighted by Gasteiger charge is 2.41. The molecule has 8 nitrogen and oxygen atoms in total. The molecule has 3 fully saturated rings. The van der Waals surface area contributed by atoms with Crippen LogP contribution in [0.4, 0.5) is 20.4 Å². The maximum absolute atomic E-state index is 13.1. The fraction of sp³-hybridized carbons (Fsp3) is 0.515. The summed E-state index contributed by atoms with van der Waals surface area (Å²) in [6.07, 6.45) is 7.50. The number of rotatable bonds is 8. The lowest BCUT2D eigenvalue weighted by Gasteiger charge is -2.37. The number of hydrogen-bond donors (Lipinski definition) is 3. The number of alkyl halides is 2. The van der Waals surface area contributed by atoms with Crippen molar-refractivity contribution in [2.75, 3.05) is 5.32 Å². The van der Waals surface area contributed by atoms with E-state index in [1.165, 1.54) is 31.2 Å². The van der Waals surface area contributed by atoms with Gasteiger partial charge in [0.2, 0.25) is 0 Å². The Bertz CT molecular complexity index is 1430. The Kier molecular flexibility index (Phi) is 8.42. The van der Waals surface area contributed by atoms with Crippen LogP contribution >= 0.6 is 0 Å². The van der Waals surface area contributed by atoms with Crippen molar-refractivity contribution in [3.05, 3.63) is 65.6 Å². The van der Waals surface area contributed by atoms with Gasteiger partial charge in [0.25, 0.3) is 6.43 Å². The average Bonchev–Trinajstić information content (AvgIpc) is 3.34. The van der Waals surface area contributed by atoms with Gasteiger partial charge in [-0.25, -0.2) is 18.7 Å². The molecule has 1 aliphatic carbocycles. The van der Waals surface area contributed by atoms with Crippen molar-refractivity contribution in [1.29, 1.82) is 0 Å². The molecule has 0 aromatic carbocycles. The van der Waals surface area contributed by atoms with Gasteiger partial charge in [0.1, 0.15) is 23.3 Å². The summed E-state index contributed by atoms with van der Waals surface area (Å²) in [5, 5.41) is 18.2. The molecule has 2 bridgehead atoms.